The molecule has 2 aromatic rings. The van der Waals surface area contributed by atoms with E-state index in [4.69, 9.17) is 9.47 Å². The van der Waals surface area contributed by atoms with Crippen molar-refractivity contribution in [3.8, 4) is 11.5 Å². The van der Waals surface area contributed by atoms with Crippen molar-refractivity contribution in [3.63, 3.8) is 0 Å². The van der Waals surface area contributed by atoms with Gasteiger partial charge in [-0.15, -0.1) is 0 Å². The number of nitrogens with zero attached hydrogens (tertiary/aromatic N) is 1. The zero-order valence-corrected chi connectivity index (χ0v) is 14.3. The van der Waals surface area contributed by atoms with E-state index in [0.717, 1.165) is 23.6 Å². The van der Waals surface area contributed by atoms with E-state index >= 15 is 0 Å². The van der Waals surface area contributed by atoms with Crippen molar-refractivity contribution in [2.24, 2.45) is 5.92 Å². The van der Waals surface area contributed by atoms with E-state index in [1.165, 1.54) is 5.56 Å². The molecule has 0 aromatic heterocycles. The fourth-order valence-electron chi connectivity index (χ4n) is 3.19. The first-order valence-corrected chi connectivity index (χ1v) is 8.45. The summed E-state index contributed by atoms with van der Waals surface area (Å²) in [5, 5.41) is 9.92. The molecular weight excluding hydrogens is 302 g/mol. The van der Waals surface area contributed by atoms with Gasteiger partial charge in [0.15, 0.2) is 11.5 Å². The van der Waals surface area contributed by atoms with Gasteiger partial charge in [0.05, 0.1) is 6.61 Å². The van der Waals surface area contributed by atoms with Gasteiger partial charge in [-0.1, -0.05) is 56.3 Å². The van der Waals surface area contributed by atoms with Crippen LogP contribution in [-0.4, -0.2) is 29.4 Å². The molecule has 1 aliphatic rings. The third-order valence-electron chi connectivity index (χ3n) is 4.51. The van der Waals surface area contributed by atoms with E-state index < -0.39 is 0 Å². The lowest BCUT2D eigenvalue weighted by Gasteiger charge is -2.33. The lowest BCUT2D eigenvalue weighted by molar-refractivity contribution is 0.0774. The average Bonchev–Trinajstić information content (AvgIpc) is 3.06. The van der Waals surface area contributed by atoms with Gasteiger partial charge in [-0.25, -0.2) is 0 Å². The Labute approximate surface area is 143 Å². The summed E-state index contributed by atoms with van der Waals surface area (Å²) < 4.78 is 11.1. The molecule has 4 nitrogen and oxygen atoms in total. The number of aliphatic hydroxyl groups is 1. The summed E-state index contributed by atoms with van der Waals surface area (Å²) in [6, 6.07) is 16.4. The number of benzene rings is 2. The highest BCUT2D eigenvalue weighted by Gasteiger charge is 2.25. The summed E-state index contributed by atoms with van der Waals surface area (Å²) in [4.78, 5) is 2.32. The van der Waals surface area contributed by atoms with Gasteiger partial charge in [-0.3, -0.25) is 4.90 Å². The van der Waals surface area contributed by atoms with Crippen molar-refractivity contribution in [2.45, 2.75) is 33.0 Å². The van der Waals surface area contributed by atoms with Crippen LogP contribution in [-0.2, 0) is 13.1 Å². The highest BCUT2D eigenvalue weighted by Crippen LogP contribution is 2.36. The van der Waals surface area contributed by atoms with Crippen LogP contribution in [0, 0.1) is 5.92 Å². The van der Waals surface area contributed by atoms with E-state index in [-0.39, 0.29) is 19.4 Å². The number of para-hydroxylation sites is 1. The summed E-state index contributed by atoms with van der Waals surface area (Å²) in [5.41, 5.74) is 2.33. The second kappa shape index (κ2) is 7.69. The summed E-state index contributed by atoms with van der Waals surface area (Å²) in [6.07, 6.45) is 0. The van der Waals surface area contributed by atoms with E-state index in [0.29, 0.717) is 12.5 Å². The first kappa shape index (κ1) is 16.8. The second-order valence-electron chi connectivity index (χ2n) is 6.54. The summed E-state index contributed by atoms with van der Waals surface area (Å²) in [6.45, 7) is 6.21. The van der Waals surface area contributed by atoms with Gasteiger partial charge in [-0.05, 0) is 17.5 Å². The third-order valence-corrected chi connectivity index (χ3v) is 4.51. The van der Waals surface area contributed by atoms with Crippen LogP contribution >= 0.6 is 0 Å². The van der Waals surface area contributed by atoms with Crippen LogP contribution in [0.5, 0.6) is 11.5 Å². The molecule has 0 saturated carbocycles. The summed E-state index contributed by atoms with van der Waals surface area (Å²) in [5.74, 6) is 1.99. The maximum absolute atomic E-state index is 9.92. The van der Waals surface area contributed by atoms with Crippen LogP contribution in [0.15, 0.2) is 48.5 Å². The SMILES string of the molecule is CC(C)[C@@H](CO)N(Cc1ccccc1)Cc1cccc2c1OCO2. The van der Waals surface area contributed by atoms with E-state index in [1.807, 2.05) is 30.3 Å². The molecule has 0 aliphatic carbocycles. The highest BCUT2D eigenvalue weighted by molar-refractivity contribution is 5.48. The van der Waals surface area contributed by atoms with Crippen LogP contribution in [0.4, 0.5) is 0 Å². The molecule has 0 fully saturated rings. The minimum atomic E-state index is 0.0865. The molecule has 2 aromatic carbocycles. The van der Waals surface area contributed by atoms with Crippen molar-refractivity contribution >= 4 is 0 Å². The van der Waals surface area contributed by atoms with E-state index in [9.17, 15) is 5.11 Å². The van der Waals surface area contributed by atoms with Crippen molar-refractivity contribution in [1.29, 1.82) is 0 Å². The predicted molar refractivity (Wildman–Crippen MR) is 94.0 cm³/mol. The third kappa shape index (κ3) is 3.71. The molecule has 1 N–H and O–H groups in total. The number of aliphatic hydroxyl groups excluding tert-OH is 1. The van der Waals surface area contributed by atoms with E-state index in [2.05, 4.69) is 36.9 Å². The van der Waals surface area contributed by atoms with E-state index in [1.54, 1.807) is 0 Å². The Morgan fingerprint density at radius 1 is 1.00 bits per heavy atom. The number of fused-ring (bicyclic) bond motifs is 1. The van der Waals surface area contributed by atoms with Crippen LogP contribution in [0.2, 0.25) is 0 Å². The molecule has 24 heavy (non-hydrogen) atoms. The van der Waals surface area contributed by atoms with Gasteiger partial charge in [0.2, 0.25) is 6.79 Å². The molecule has 0 amide bonds. The van der Waals surface area contributed by atoms with Gasteiger partial charge in [0.25, 0.3) is 0 Å². The molecule has 128 valence electrons. The Balaban J connectivity index is 1.86. The molecule has 0 spiro atoms. The Kier molecular flexibility index (Phi) is 5.38. The fraction of sp³-hybridized carbons (Fsp3) is 0.400. The number of hydrogen-bond acceptors (Lipinski definition) is 4. The number of rotatable bonds is 7. The first-order chi connectivity index (χ1) is 11.7. The van der Waals surface area contributed by atoms with Crippen LogP contribution < -0.4 is 9.47 Å². The monoisotopic (exact) mass is 327 g/mol. The Hall–Kier alpha value is -2.04. The molecule has 1 heterocycles. The van der Waals surface area contributed by atoms with Crippen LogP contribution in [0.25, 0.3) is 0 Å². The van der Waals surface area contributed by atoms with Gasteiger partial charge >= 0.3 is 0 Å². The molecule has 0 unspecified atom stereocenters. The Morgan fingerprint density at radius 3 is 2.50 bits per heavy atom. The van der Waals surface area contributed by atoms with Gasteiger partial charge in [0, 0.05) is 24.7 Å². The quantitative estimate of drug-likeness (QED) is 0.846. The molecule has 1 atom stereocenters. The van der Waals surface area contributed by atoms with Gasteiger partial charge < -0.3 is 14.6 Å². The summed E-state index contributed by atoms with van der Waals surface area (Å²) in [7, 11) is 0. The highest BCUT2D eigenvalue weighted by atomic mass is 16.7. The second-order valence-corrected chi connectivity index (χ2v) is 6.54. The molecule has 0 saturated heterocycles. The molecule has 1 aliphatic heterocycles. The van der Waals surface area contributed by atoms with Gasteiger partial charge in [0.1, 0.15) is 0 Å². The fourth-order valence-corrected chi connectivity index (χ4v) is 3.19. The minimum absolute atomic E-state index is 0.0865. The molecular formula is C20H25NO3. The first-order valence-electron chi connectivity index (χ1n) is 8.45. The largest absolute Gasteiger partial charge is 0.454 e. The zero-order chi connectivity index (χ0) is 16.9. The predicted octanol–water partition coefficient (Wildman–Crippen LogP) is 3.43. The van der Waals surface area contributed by atoms with Crippen LogP contribution in [0.3, 0.4) is 0 Å². The smallest absolute Gasteiger partial charge is 0.231 e. The maximum Gasteiger partial charge on any atom is 0.231 e. The number of ether oxygens (including phenoxy) is 2. The minimum Gasteiger partial charge on any atom is -0.454 e. The zero-order valence-electron chi connectivity index (χ0n) is 14.3. The average molecular weight is 327 g/mol. The van der Waals surface area contributed by atoms with Crippen molar-refractivity contribution in [2.75, 3.05) is 13.4 Å². The Morgan fingerprint density at radius 2 is 1.79 bits per heavy atom. The molecule has 3 rings (SSSR count). The van der Waals surface area contributed by atoms with Crippen molar-refractivity contribution < 1.29 is 14.6 Å². The normalized spacial score (nSPS) is 14.4. The number of hydrogen-bond donors (Lipinski definition) is 1. The topological polar surface area (TPSA) is 41.9 Å². The Bertz CT molecular complexity index is 657. The lowest BCUT2D eigenvalue weighted by Crippen LogP contribution is -2.40. The molecule has 0 radical (unpaired) electrons. The summed E-state index contributed by atoms with van der Waals surface area (Å²) >= 11 is 0. The van der Waals surface area contributed by atoms with Crippen LogP contribution in [0.1, 0.15) is 25.0 Å². The molecule has 4 heteroatoms. The maximum atomic E-state index is 9.92. The van der Waals surface area contributed by atoms with Crippen molar-refractivity contribution in [3.05, 3.63) is 59.7 Å². The van der Waals surface area contributed by atoms with Gasteiger partial charge in [-0.2, -0.15) is 0 Å². The standard InChI is InChI=1S/C20H25NO3/c1-15(2)18(13-22)21(11-16-7-4-3-5-8-16)12-17-9-6-10-19-20(17)24-14-23-19/h3-10,15,18,22H,11-14H2,1-2H3/t18-/m1/s1. The van der Waals surface area contributed by atoms with Crippen molar-refractivity contribution in [1.82, 2.24) is 4.90 Å². The molecule has 0 bridgehead atoms. The lowest BCUT2D eigenvalue weighted by atomic mass is 10.0.